The lowest BCUT2D eigenvalue weighted by molar-refractivity contribution is 0.183. The topological polar surface area (TPSA) is 43.7 Å². The van der Waals surface area contributed by atoms with Gasteiger partial charge in [0.2, 0.25) is 0 Å². The fourth-order valence-corrected chi connectivity index (χ4v) is 2.16. The van der Waals surface area contributed by atoms with E-state index in [1.807, 2.05) is 12.1 Å². The van der Waals surface area contributed by atoms with Crippen LogP contribution < -0.4 is 0 Å². The Kier molecular flexibility index (Phi) is 5.41. The molecule has 0 spiro atoms. The Balaban J connectivity index is 1.99. The van der Waals surface area contributed by atoms with Crippen LogP contribution in [0.25, 0.3) is 0 Å². The highest BCUT2D eigenvalue weighted by atomic mass is 16.3. The second-order valence-electron chi connectivity index (χ2n) is 4.90. The number of nitrogens with zero attached hydrogens (tertiary/aromatic N) is 1. The molecule has 0 amide bonds. The summed E-state index contributed by atoms with van der Waals surface area (Å²) in [6, 6.07) is 8.85. The summed E-state index contributed by atoms with van der Waals surface area (Å²) in [6.45, 7) is 1.94. The molecule has 0 bridgehead atoms. The van der Waals surface area contributed by atoms with Crippen molar-refractivity contribution in [1.29, 1.82) is 0 Å². The Hall–Kier alpha value is -1.34. The maximum Gasteiger partial charge on any atom is 0.0558 e. The maximum absolute atomic E-state index is 9.10. The van der Waals surface area contributed by atoms with Crippen LogP contribution in [0, 0.1) is 11.8 Å². The zero-order valence-corrected chi connectivity index (χ0v) is 11.2. The normalized spacial score (nSPS) is 14.3. The summed E-state index contributed by atoms with van der Waals surface area (Å²) in [4.78, 5) is 2.33. The molecule has 1 fully saturated rings. The Morgan fingerprint density at radius 3 is 2.74 bits per heavy atom. The third-order valence-corrected chi connectivity index (χ3v) is 3.23. The molecule has 2 N–H and O–H groups in total. The summed E-state index contributed by atoms with van der Waals surface area (Å²) >= 11 is 0. The molecule has 102 valence electrons. The second-order valence-corrected chi connectivity index (χ2v) is 4.90. The standard InChI is InChI=1S/C16H21NO2/c18-10-2-1-4-14-5-3-6-15(12-14)13-17(9-11-19)16-7-8-16/h3,5-6,12,16,18-19H,2,7-11,13H2. The van der Waals surface area contributed by atoms with Gasteiger partial charge in [0.15, 0.2) is 0 Å². The molecule has 0 unspecified atom stereocenters. The Bertz CT molecular complexity index is 457. The van der Waals surface area contributed by atoms with E-state index >= 15 is 0 Å². The summed E-state index contributed by atoms with van der Waals surface area (Å²) in [5.74, 6) is 6.00. The molecule has 3 nitrogen and oxygen atoms in total. The van der Waals surface area contributed by atoms with Gasteiger partial charge in [-0.1, -0.05) is 24.0 Å². The van der Waals surface area contributed by atoms with Crippen molar-refractivity contribution < 1.29 is 10.2 Å². The lowest BCUT2D eigenvalue weighted by Gasteiger charge is -2.20. The molecule has 0 atom stereocenters. The molecular weight excluding hydrogens is 238 g/mol. The molecule has 0 heterocycles. The predicted octanol–water partition coefficient (Wildman–Crippen LogP) is 1.38. The quantitative estimate of drug-likeness (QED) is 0.759. The fraction of sp³-hybridized carbons (Fsp3) is 0.500. The average Bonchev–Trinajstić information content (AvgIpc) is 3.23. The molecule has 0 aromatic heterocycles. The molecule has 1 aromatic carbocycles. The van der Waals surface area contributed by atoms with Crippen molar-refractivity contribution in [2.75, 3.05) is 19.8 Å². The van der Waals surface area contributed by atoms with Gasteiger partial charge in [-0.3, -0.25) is 4.90 Å². The van der Waals surface area contributed by atoms with Gasteiger partial charge in [0.25, 0.3) is 0 Å². The highest BCUT2D eigenvalue weighted by Crippen LogP contribution is 2.27. The summed E-state index contributed by atoms with van der Waals surface area (Å²) in [5.41, 5.74) is 2.22. The van der Waals surface area contributed by atoms with E-state index in [1.54, 1.807) is 0 Å². The first kappa shape index (κ1) is 14.1. The van der Waals surface area contributed by atoms with Crippen LogP contribution in [-0.4, -0.2) is 40.9 Å². The first-order chi connectivity index (χ1) is 9.33. The molecular formula is C16H21NO2. The van der Waals surface area contributed by atoms with Gasteiger partial charge in [0.1, 0.15) is 0 Å². The van der Waals surface area contributed by atoms with Crippen LogP contribution in [0.2, 0.25) is 0 Å². The van der Waals surface area contributed by atoms with E-state index in [0.29, 0.717) is 12.5 Å². The van der Waals surface area contributed by atoms with E-state index in [-0.39, 0.29) is 13.2 Å². The predicted molar refractivity (Wildman–Crippen MR) is 75.5 cm³/mol. The first-order valence-corrected chi connectivity index (χ1v) is 6.87. The highest BCUT2D eigenvalue weighted by Gasteiger charge is 2.28. The van der Waals surface area contributed by atoms with Crippen LogP contribution in [0.15, 0.2) is 24.3 Å². The lowest BCUT2D eigenvalue weighted by atomic mass is 10.1. The third kappa shape index (κ3) is 4.68. The molecule has 3 heteroatoms. The number of rotatable bonds is 6. The van der Waals surface area contributed by atoms with Gasteiger partial charge in [0.05, 0.1) is 13.2 Å². The number of hydrogen-bond acceptors (Lipinski definition) is 3. The number of aliphatic hydroxyl groups is 2. The van der Waals surface area contributed by atoms with Gasteiger partial charge >= 0.3 is 0 Å². The minimum atomic E-state index is 0.110. The monoisotopic (exact) mass is 259 g/mol. The van der Waals surface area contributed by atoms with Crippen LogP contribution in [-0.2, 0) is 6.54 Å². The van der Waals surface area contributed by atoms with E-state index in [0.717, 1.165) is 18.7 Å². The Labute approximate surface area is 114 Å². The van der Waals surface area contributed by atoms with Crippen molar-refractivity contribution >= 4 is 0 Å². The average molecular weight is 259 g/mol. The van der Waals surface area contributed by atoms with Crippen molar-refractivity contribution in [3.63, 3.8) is 0 Å². The van der Waals surface area contributed by atoms with Crippen molar-refractivity contribution in [2.45, 2.75) is 31.8 Å². The van der Waals surface area contributed by atoms with Crippen molar-refractivity contribution in [1.82, 2.24) is 4.90 Å². The van der Waals surface area contributed by atoms with Crippen LogP contribution in [0.3, 0.4) is 0 Å². The molecule has 1 saturated carbocycles. The SMILES string of the molecule is OCCC#Cc1cccc(CN(CCO)C2CC2)c1. The van der Waals surface area contributed by atoms with E-state index in [9.17, 15) is 0 Å². The minimum absolute atomic E-state index is 0.110. The summed E-state index contributed by atoms with van der Waals surface area (Å²) < 4.78 is 0. The van der Waals surface area contributed by atoms with Crippen molar-refractivity contribution in [3.05, 3.63) is 35.4 Å². The Morgan fingerprint density at radius 1 is 1.21 bits per heavy atom. The molecule has 0 aliphatic heterocycles. The maximum atomic E-state index is 9.10. The lowest BCUT2D eigenvalue weighted by Crippen LogP contribution is -2.28. The van der Waals surface area contributed by atoms with Crippen molar-refractivity contribution in [3.8, 4) is 11.8 Å². The van der Waals surface area contributed by atoms with Crippen LogP contribution in [0.5, 0.6) is 0 Å². The van der Waals surface area contributed by atoms with Crippen LogP contribution in [0.1, 0.15) is 30.4 Å². The number of hydrogen-bond donors (Lipinski definition) is 2. The second kappa shape index (κ2) is 7.30. The van der Waals surface area contributed by atoms with Gasteiger partial charge in [-0.25, -0.2) is 0 Å². The molecule has 0 saturated heterocycles. The molecule has 1 aliphatic rings. The third-order valence-electron chi connectivity index (χ3n) is 3.23. The zero-order chi connectivity index (χ0) is 13.5. The Morgan fingerprint density at radius 2 is 2.05 bits per heavy atom. The first-order valence-electron chi connectivity index (χ1n) is 6.87. The molecule has 1 aromatic rings. The highest BCUT2D eigenvalue weighted by molar-refractivity contribution is 5.37. The summed E-state index contributed by atoms with van der Waals surface area (Å²) in [7, 11) is 0. The van der Waals surface area contributed by atoms with Crippen LogP contribution in [0.4, 0.5) is 0 Å². The van der Waals surface area contributed by atoms with Gasteiger partial charge < -0.3 is 10.2 Å². The summed E-state index contributed by atoms with van der Waals surface area (Å²) in [5, 5.41) is 17.8. The van der Waals surface area contributed by atoms with Gasteiger partial charge in [-0.15, -0.1) is 0 Å². The summed E-state index contributed by atoms with van der Waals surface area (Å²) in [6.07, 6.45) is 3.01. The molecule has 0 radical (unpaired) electrons. The number of aliphatic hydroxyl groups excluding tert-OH is 2. The van der Waals surface area contributed by atoms with Gasteiger partial charge in [0, 0.05) is 31.1 Å². The minimum Gasteiger partial charge on any atom is -0.395 e. The van der Waals surface area contributed by atoms with E-state index in [1.165, 1.54) is 18.4 Å². The van der Waals surface area contributed by atoms with Crippen LogP contribution >= 0.6 is 0 Å². The largest absolute Gasteiger partial charge is 0.395 e. The van der Waals surface area contributed by atoms with Crippen molar-refractivity contribution in [2.24, 2.45) is 0 Å². The van der Waals surface area contributed by atoms with Gasteiger partial charge in [-0.2, -0.15) is 0 Å². The van der Waals surface area contributed by atoms with E-state index in [4.69, 9.17) is 10.2 Å². The molecule has 19 heavy (non-hydrogen) atoms. The smallest absolute Gasteiger partial charge is 0.0558 e. The van der Waals surface area contributed by atoms with Gasteiger partial charge in [-0.05, 0) is 30.5 Å². The zero-order valence-electron chi connectivity index (χ0n) is 11.2. The fourth-order valence-electron chi connectivity index (χ4n) is 2.16. The van der Waals surface area contributed by atoms with E-state index < -0.39 is 0 Å². The number of benzene rings is 1. The molecule has 1 aliphatic carbocycles. The molecule has 2 rings (SSSR count). The van der Waals surface area contributed by atoms with E-state index in [2.05, 4.69) is 28.9 Å².